The minimum Gasteiger partial charge on any atom is -0.354 e. The summed E-state index contributed by atoms with van der Waals surface area (Å²) in [6.45, 7) is 5.18. The Bertz CT molecular complexity index is 487. The first-order chi connectivity index (χ1) is 9.42. The monoisotopic (exact) mass is 275 g/mol. The number of nitrogens with zero attached hydrogens (tertiary/aromatic N) is 5. The molecule has 1 fully saturated rings. The zero-order valence-corrected chi connectivity index (χ0v) is 11.6. The van der Waals surface area contributed by atoms with Crippen LogP contribution in [-0.4, -0.2) is 46.0 Å². The zero-order valence-electron chi connectivity index (χ0n) is 10.8. The van der Waals surface area contributed by atoms with E-state index in [1.807, 2.05) is 11.7 Å². The second kappa shape index (κ2) is 6.08. The number of thiazole rings is 1. The van der Waals surface area contributed by atoms with Crippen LogP contribution in [0.15, 0.2) is 29.5 Å². The largest absolute Gasteiger partial charge is 0.354 e. The summed E-state index contributed by atoms with van der Waals surface area (Å²) in [5.41, 5.74) is 3.08. The summed E-state index contributed by atoms with van der Waals surface area (Å²) in [6, 6.07) is 0. The fraction of sp³-hybridized carbons (Fsp3) is 0.462. The first kappa shape index (κ1) is 12.5. The Labute approximate surface area is 116 Å². The second-order valence-electron chi connectivity index (χ2n) is 4.66. The third-order valence-electron chi connectivity index (χ3n) is 3.33. The van der Waals surface area contributed by atoms with E-state index in [0.717, 1.165) is 45.0 Å². The van der Waals surface area contributed by atoms with Crippen molar-refractivity contribution in [2.45, 2.75) is 13.0 Å². The van der Waals surface area contributed by atoms with Crippen LogP contribution in [-0.2, 0) is 6.54 Å². The molecule has 0 N–H and O–H groups in total. The fourth-order valence-corrected chi connectivity index (χ4v) is 2.91. The molecular formula is C13H17N5S. The van der Waals surface area contributed by atoms with Crippen LogP contribution in [0.2, 0.25) is 0 Å². The maximum Gasteiger partial charge on any atom is 0.147 e. The van der Waals surface area contributed by atoms with Gasteiger partial charge in [-0.3, -0.25) is 9.88 Å². The molecule has 0 spiro atoms. The van der Waals surface area contributed by atoms with E-state index in [2.05, 4.69) is 30.1 Å². The molecule has 0 aliphatic carbocycles. The minimum atomic E-state index is 0.956. The van der Waals surface area contributed by atoms with Crippen LogP contribution < -0.4 is 4.90 Å². The summed E-state index contributed by atoms with van der Waals surface area (Å²) in [7, 11) is 0. The lowest BCUT2D eigenvalue weighted by atomic mass is 10.3. The van der Waals surface area contributed by atoms with Gasteiger partial charge in [0.15, 0.2) is 0 Å². The quantitative estimate of drug-likeness (QED) is 0.852. The second-order valence-corrected chi connectivity index (χ2v) is 5.38. The van der Waals surface area contributed by atoms with Gasteiger partial charge in [0.1, 0.15) is 5.82 Å². The highest BCUT2D eigenvalue weighted by Crippen LogP contribution is 2.13. The molecule has 19 heavy (non-hydrogen) atoms. The molecule has 3 heterocycles. The van der Waals surface area contributed by atoms with Crippen molar-refractivity contribution in [3.63, 3.8) is 0 Å². The summed E-state index contributed by atoms with van der Waals surface area (Å²) in [6.07, 6.45) is 6.47. The maximum absolute atomic E-state index is 4.38. The molecule has 2 aromatic heterocycles. The highest BCUT2D eigenvalue weighted by atomic mass is 32.1. The number of hydrogen-bond donors (Lipinski definition) is 0. The molecule has 6 heteroatoms. The number of aromatic nitrogens is 3. The van der Waals surface area contributed by atoms with E-state index in [0.29, 0.717) is 0 Å². The molecule has 1 aliphatic rings. The maximum atomic E-state index is 4.38. The summed E-state index contributed by atoms with van der Waals surface area (Å²) in [4.78, 5) is 17.7. The van der Waals surface area contributed by atoms with Crippen LogP contribution in [0, 0.1) is 0 Å². The van der Waals surface area contributed by atoms with Gasteiger partial charge in [-0.25, -0.2) is 9.97 Å². The first-order valence-electron chi connectivity index (χ1n) is 6.52. The Morgan fingerprint density at radius 2 is 2.11 bits per heavy atom. The smallest absolute Gasteiger partial charge is 0.147 e. The lowest BCUT2D eigenvalue weighted by Gasteiger charge is -2.21. The van der Waals surface area contributed by atoms with E-state index in [9.17, 15) is 0 Å². The Morgan fingerprint density at radius 3 is 2.89 bits per heavy atom. The van der Waals surface area contributed by atoms with Crippen molar-refractivity contribution in [1.82, 2.24) is 19.9 Å². The minimum absolute atomic E-state index is 0.956. The molecule has 0 bridgehead atoms. The van der Waals surface area contributed by atoms with Crippen LogP contribution in [0.5, 0.6) is 0 Å². The van der Waals surface area contributed by atoms with Crippen molar-refractivity contribution in [1.29, 1.82) is 0 Å². The van der Waals surface area contributed by atoms with Crippen LogP contribution in [0.25, 0.3) is 0 Å². The third kappa shape index (κ3) is 3.27. The van der Waals surface area contributed by atoms with Gasteiger partial charge in [-0.2, -0.15) is 0 Å². The van der Waals surface area contributed by atoms with E-state index >= 15 is 0 Å². The van der Waals surface area contributed by atoms with E-state index in [1.54, 1.807) is 23.7 Å². The predicted octanol–water partition coefficient (Wildman–Crippen LogP) is 1.65. The molecule has 5 nitrogen and oxygen atoms in total. The molecule has 2 aromatic rings. The van der Waals surface area contributed by atoms with Gasteiger partial charge in [0, 0.05) is 50.5 Å². The molecule has 3 rings (SSSR count). The zero-order chi connectivity index (χ0) is 12.9. The molecule has 0 unspecified atom stereocenters. The highest BCUT2D eigenvalue weighted by molar-refractivity contribution is 7.07. The summed E-state index contributed by atoms with van der Waals surface area (Å²) >= 11 is 1.66. The van der Waals surface area contributed by atoms with Gasteiger partial charge in [0.2, 0.25) is 0 Å². The summed E-state index contributed by atoms with van der Waals surface area (Å²) in [5, 5.41) is 2.13. The number of hydrogen-bond acceptors (Lipinski definition) is 6. The molecule has 0 atom stereocenters. The van der Waals surface area contributed by atoms with Crippen molar-refractivity contribution < 1.29 is 0 Å². The van der Waals surface area contributed by atoms with Gasteiger partial charge in [-0.15, -0.1) is 11.3 Å². The van der Waals surface area contributed by atoms with Gasteiger partial charge in [0.05, 0.1) is 17.4 Å². The van der Waals surface area contributed by atoms with Crippen molar-refractivity contribution in [3.05, 3.63) is 35.2 Å². The average molecular weight is 275 g/mol. The first-order valence-corrected chi connectivity index (χ1v) is 7.46. The molecule has 0 radical (unpaired) electrons. The average Bonchev–Trinajstić information content (AvgIpc) is 2.85. The number of anilines is 1. The molecular weight excluding hydrogens is 258 g/mol. The molecule has 1 aliphatic heterocycles. The van der Waals surface area contributed by atoms with E-state index in [-0.39, 0.29) is 0 Å². The van der Waals surface area contributed by atoms with Crippen LogP contribution in [0.1, 0.15) is 12.1 Å². The van der Waals surface area contributed by atoms with Gasteiger partial charge < -0.3 is 4.90 Å². The topological polar surface area (TPSA) is 45.2 Å². The Kier molecular flexibility index (Phi) is 4.00. The van der Waals surface area contributed by atoms with Crippen LogP contribution >= 0.6 is 11.3 Å². The van der Waals surface area contributed by atoms with E-state index < -0.39 is 0 Å². The van der Waals surface area contributed by atoms with Gasteiger partial charge >= 0.3 is 0 Å². The van der Waals surface area contributed by atoms with Crippen LogP contribution in [0.3, 0.4) is 0 Å². The third-order valence-corrected chi connectivity index (χ3v) is 3.97. The lowest BCUT2D eigenvalue weighted by Crippen LogP contribution is -2.31. The van der Waals surface area contributed by atoms with E-state index in [1.165, 1.54) is 5.69 Å². The Balaban J connectivity index is 1.60. The van der Waals surface area contributed by atoms with Crippen molar-refractivity contribution in [2.24, 2.45) is 0 Å². The van der Waals surface area contributed by atoms with Gasteiger partial charge in [-0.05, 0) is 6.42 Å². The Hall–Kier alpha value is -1.53. The fourth-order valence-electron chi connectivity index (χ4n) is 2.36. The van der Waals surface area contributed by atoms with Gasteiger partial charge in [-0.1, -0.05) is 0 Å². The van der Waals surface area contributed by atoms with Crippen molar-refractivity contribution in [3.8, 4) is 0 Å². The summed E-state index contributed by atoms with van der Waals surface area (Å²) < 4.78 is 0. The molecule has 0 saturated carbocycles. The lowest BCUT2D eigenvalue weighted by molar-refractivity contribution is 0.282. The van der Waals surface area contributed by atoms with Gasteiger partial charge in [0.25, 0.3) is 0 Å². The molecule has 1 saturated heterocycles. The van der Waals surface area contributed by atoms with Crippen molar-refractivity contribution >= 4 is 17.2 Å². The van der Waals surface area contributed by atoms with Crippen LogP contribution in [0.4, 0.5) is 5.82 Å². The van der Waals surface area contributed by atoms with Crippen molar-refractivity contribution in [2.75, 3.05) is 31.1 Å². The van der Waals surface area contributed by atoms with E-state index in [4.69, 9.17) is 0 Å². The highest BCUT2D eigenvalue weighted by Gasteiger charge is 2.16. The molecule has 100 valence electrons. The number of rotatable bonds is 3. The molecule has 0 amide bonds. The SMILES string of the molecule is c1cnc(N2CCCN(Cc3cscn3)CC2)cn1. The molecule has 0 aromatic carbocycles. The normalized spacial score (nSPS) is 17.4. The predicted molar refractivity (Wildman–Crippen MR) is 76.3 cm³/mol. The Morgan fingerprint density at radius 1 is 1.11 bits per heavy atom. The summed E-state index contributed by atoms with van der Waals surface area (Å²) in [5.74, 6) is 0.984. The standard InChI is InChI=1S/C13H17N5S/c1-4-17(9-12-10-19-11-16-12)6-7-18(5-1)13-8-14-2-3-15-13/h2-3,8,10-11H,1,4-7,9H2.